The second-order valence-electron chi connectivity index (χ2n) is 5.93. The van der Waals surface area contributed by atoms with Gasteiger partial charge in [-0.3, -0.25) is 14.6 Å². The highest BCUT2D eigenvalue weighted by atomic mass is 16.1. The summed E-state index contributed by atoms with van der Waals surface area (Å²) in [4.78, 5) is 29.3. The summed E-state index contributed by atoms with van der Waals surface area (Å²) in [6, 6.07) is 19.4. The highest BCUT2D eigenvalue weighted by Gasteiger charge is 2.33. The van der Waals surface area contributed by atoms with E-state index in [0.29, 0.717) is 12.1 Å². The van der Waals surface area contributed by atoms with Crippen molar-refractivity contribution in [2.75, 3.05) is 6.54 Å². The summed E-state index contributed by atoms with van der Waals surface area (Å²) in [5.74, 6) is -0.548. The molecule has 0 amide bonds. The molecule has 1 aliphatic heterocycles. The maximum absolute atomic E-state index is 12.5. The number of hydrogen-bond acceptors (Lipinski definition) is 3. The van der Waals surface area contributed by atoms with Crippen LogP contribution in [0.2, 0.25) is 0 Å². The van der Waals surface area contributed by atoms with Gasteiger partial charge >= 0.3 is 0 Å². The molecule has 2 aromatic rings. The summed E-state index contributed by atoms with van der Waals surface area (Å²) in [5, 5.41) is 0. The van der Waals surface area contributed by atoms with Gasteiger partial charge in [0.1, 0.15) is 5.78 Å². The Morgan fingerprint density at radius 3 is 1.92 bits per heavy atom. The molecule has 0 spiro atoms. The van der Waals surface area contributed by atoms with Crippen LogP contribution >= 0.6 is 0 Å². The second-order valence-corrected chi connectivity index (χ2v) is 5.93. The molecular formula is C21H19NO2. The van der Waals surface area contributed by atoms with E-state index in [9.17, 15) is 9.59 Å². The van der Waals surface area contributed by atoms with Crippen LogP contribution in [0.5, 0.6) is 0 Å². The second kappa shape index (κ2) is 6.75. The van der Waals surface area contributed by atoms with E-state index < -0.39 is 5.92 Å². The van der Waals surface area contributed by atoms with Crippen molar-refractivity contribution in [3.05, 3.63) is 77.4 Å². The Balaban J connectivity index is 2.19. The number of allylic oxidation sites excluding steroid dienone is 1. The third kappa shape index (κ3) is 2.98. The van der Waals surface area contributed by atoms with Crippen molar-refractivity contribution in [3.63, 3.8) is 0 Å². The zero-order valence-corrected chi connectivity index (χ0v) is 13.8. The van der Waals surface area contributed by atoms with Gasteiger partial charge < -0.3 is 0 Å². The predicted molar refractivity (Wildman–Crippen MR) is 96.1 cm³/mol. The van der Waals surface area contributed by atoms with Crippen molar-refractivity contribution in [3.8, 4) is 0 Å². The molecule has 3 rings (SSSR count). The summed E-state index contributed by atoms with van der Waals surface area (Å²) in [6.45, 7) is 3.42. The van der Waals surface area contributed by atoms with Crippen molar-refractivity contribution in [1.82, 2.24) is 0 Å². The minimum absolute atomic E-state index is 0.00472. The van der Waals surface area contributed by atoms with Crippen molar-refractivity contribution in [2.24, 2.45) is 10.9 Å². The van der Waals surface area contributed by atoms with Gasteiger partial charge in [-0.1, -0.05) is 60.7 Å². The average molecular weight is 317 g/mol. The largest absolute Gasteiger partial charge is 0.299 e. The molecule has 0 bridgehead atoms. The molecule has 1 atom stereocenters. The van der Waals surface area contributed by atoms with E-state index in [1.165, 1.54) is 0 Å². The Morgan fingerprint density at radius 2 is 1.42 bits per heavy atom. The van der Waals surface area contributed by atoms with E-state index in [1.807, 2.05) is 60.7 Å². The number of nitrogens with zero attached hydrogens (tertiary/aromatic N) is 1. The van der Waals surface area contributed by atoms with Crippen LogP contribution in [0.4, 0.5) is 0 Å². The van der Waals surface area contributed by atoms with Gasteiger partial charge in [0.15, 0.2) is 5.78 Å². The first-order valence-electron chi connectivity index (χ1n) is 7.99. The SMILES string of the molecule is CC(=O)C1=C(c2ccccc2)C(C(C)=O)C(c2ccccc2)=NC1. The van der Waals surface area contributed by atoms with E-state index in [-0.39, 0.29) is 11.6 Å². The summed E-state index contributed by atoms with van der Waals surface area (Å²) in [7, 11) is 0. The molecule has 0 saturated carbocycles. The fourth-order valence-electron chi connectivity index (χ4n) is 3.17. The zero-order valence-electron chi connectivity index (χ0n) is 13.8. The number of hydrogen-bond donors (Lipinski definition) is 0. The molecule has 0 aromatic heterocycles. The lowest BCUT2D eigenvalue weighted by Crippen LogP contribution is -2.30. The smallest absolute Gasteiger partial charge is 0.157 e. The van der Waals surface area contributed by atoms with E-state index in [2.05, 4.69) is 4.99 Å². The van der Waals surface area contributed by atoms with E-state index in [0.717, 1.165) is 22.4 Å². The third-order valence-electron chi connectivity index (χ3n) is 4.28. The maximum Gasteiger partial charge on any atom is 0.157 e. The standard InChI is InChI=1S/C21H19NO2/c1-14(23)18-13-22-21(17-11-7-4-8-12-17)19(15(2)24)20(18)16-9-5-3-6-10-16/h3-12,19H,13H2,1-2H3. The van der Waals surface area contributed by atoms with Crippen LogP contribution in [0, 0.1) is 5.92 Å². The van der Waals surface area contributed by atoms with Crippen molar-refractivity contribution >= 4 is 22.9 Å². The monoisotopic (exact) mass is 317 g/mol. The number of dihydropyridines is 1. The fourth-order valence-corrected chi connectivity index (χ4v) is 3.17. The number of carbonyl (C=O) groups excluding carboxylic acids is 2. The number of aliphatic imine (C=N–C) groups is 1. The Morgan fingerprint density at radius 1 is 0.875 bits per heavy atom. The molecule has 1 unspecified atom stereocenters. The van der Waals surface area contributed by atoms with Crippen LogP contribution in [0.3, 0.4) is 0 Å². The van der Waals surface area contributed by atoms with E-state index >= 15 is 0 Å². The average Bonchev–Trinajstić information content (AvgIpc) is 2.61. The predicted octanol–water partition coefficient (Wildman–Crippen LogP) is 3.74. The summed E-state index contributed by atoms with van der Waals surface area (Å²) in [5.41, 5.74) is 4.00. The summed E-state index contributed by atoms with van der Waals surface area (Å²) in [6.07, 6.45) is 0. The van der Waals surface area contributed by atoms with Crippen LogP contribution < -0.4 is 0 Å². The van der Waals surface area contributed by atoms with Gasteiger partial charge in [0.05, 0.1) is 18.2 Å². The lowest BCUT2D eigenvalue weighted by Gasteiger charge is -2.27. The number of Topliss-reactive ketones (excluding diaryl/α,β-unsaturated/α-hetero) is 2. The van der Waals surface area contributed by atoms with Gasteiger partial charge in [0.25, 0.3) is 0 Å². The zero-order chi connectivity index (χ0) is 17.1. The molecule has 0 radical (unpaired) electrons. The molecule has 24 heavy (non-hydrogen) atoms. The van der Waals surface area contributed by atoms with Crippen molar-refractivity contribution in [2.45, 2.75) is 13.8 Å². The quantitative estimate of drug-likeness (QED) is 0.862. The molecule has 0 N–H and O–H groups in total. The Labute approximate surface area is 141 Å². The first-order valence-corrected chi connectivity index (χ1v) is 7.99. The molecule has 0 saturated heterocycles. The van der Waals surface area contributed by atoms with Crippen LogP contribution in [-0.4, -0.2) is 23.8 Å². The molecule has 3 heteroatoms. The Hall–Kier alpha value is -2.81. The molecule has 1 aliphatic rings. The topological polar surface area (TPSA) is 46.5 Å². The molecular weight excluding hydrogens is 298 g/mol. The first kappa shape index (κ1) is 16.1. The molecule has 2 aromatic carbocycles. The van der Waals surface area contributed by atoms with Gasteiger partial charge in [-0.15, -0.1) is 0 Å². The minimum atomic E-state index is -0.512. The molecule has 1 heterocycles. The van der Waals surface area contributed by atoms with Crippen LogP contribution in [-0.2, 0) is 9.59 Å². The van der Waals surface area contributed by atoms with Crippen LogP contribution in [0.15, 0.2) is 71.2 Å². The van der Waals surface area contributed by atoms with Crippen molar-refractivity contribution < 1.29 is 9.59 Å². The maximum atomic E-state index is 12.5. The molecule has 0 fully saturated rings. The third-order valence-corrected chi connectivity index (χ3v) is 4.28. The van der Waals surface area contributed by atoms with Gasteiger partial charge in [-0.2, -0.15) is 0 Å². The van der Waals surface area contributed by atoms with Gasteiger partial charge in [0, 0.05) is 5.57 Å². The fraction of sp³-hybridized carbons (Fsp3) is 0.190. The first-order chi connectivity index (χ1) is 11.6. The minimum Gasteiger partial charge on any atom is -0.299 e. The summed E-state index contributed by atoms with van der Waals surface area (Å²) < 4.78 is 0. The van der Waals surface area contributed by atoms with E-state index in [1.54, 1.807) is 13.8 Å². The van der Waals surface area contributed by atoms with Gasteiger partial charge in [-0.05, 0) is 30.5 Å². The molecule has 3 nitrogen and oxygen atoms in total. The normalized spacial score (nSPS) is 17.4. The Kier molecular flexibility index (Phi) is 4.52. The molecule has 0 aliphatic carbocycles. The number of carbonyl (C=O) groups is 2. The number of rotatable bonds is 4. The lowest BCUT2D eigenvalue weighted by molar-refractivity contribution is -0.117. The highest BCUT2D eigenvalue weighted by Crippen LogP contribution is 2.34. The molecule has 120 valence electrons. The summed E-state index contributed by atoms with van der Waals surface area (Å²) >= 11 is 0. The number of ketones is 2. The van der Waals surface area contributed by atoms with Crippen LogP contribution in [0.25, 0.3) is 5.57 Å². The van der Waals surface area contributed by atoms with Gasteiger partial charge in [-0.25, -0.2) is 0 Å². The Bertz CT molecular complexity index is 833. The van der Waals surface area contributed by atoms with Crippen molar-refractivity contribution in [1.29, 1.82) is 0 Å². The van der Waals surface area contributed by atoms with E-state index in [4.69, 9.17) is 0 Å². The number of benzene rings is 2. The highest BCUT2D eigenvalue weighted by molar-refractivity contribution is 6.24. The van der Waals surface area contributed by atoms with Gasteiger partial charge in [0.2, 0.25) is 0 Å². The lowest BCUT2D eigenvalue weighted by atomic mass is 9.78. The van der Waals surface area contributed by atoms with Crippen LogP contribution in [0.1, 0.15) is 25.0 Å².